The molecule has 4 nitrogen and oxygen atoms in total. The van der Waals surface area contributed by atoms with E-state index in [1.165, 1.54) is 70.6 Å². The molecule has 0 spiro atoms. The van der Waals surface area contributed by atoms with Crippen LogP contribution in [-0.4, -0.2) is 34.9 Å². The van der Waals surface area contributed by atoms with Crippen LogP contribution in [-0.2, 0) is 4.79 Å². The van der Waals surface area contributed by atoms with E-state index in [-0.39, 0.29) is 12.5 Å². The number of hydrogen-bond acceptors (Lipinski definition) is 3. The highest BCUT2D eigenvalue weighted by molar-refractivity contribution is 5.76. The average molecular weight is 452 g/mol. The van der Waals surface area contributed by atoms with Gasteiger partial charge in [0, 0.05) is 6.42 Å². The van der Waals surface area contributed by atoms with Gasteiger partial charge in [-0.2, -0.15) is 0 Å². The number of aliphatic hydroxyl groups is 2. The van der Waals surface area contributed by atoms with Crippen molar-refractivity contribution in [1.82, 2.24) is 5.32 Å². The van der Waals surface area contributed by atoms with E-state index in [9.17, 15) is 15.0 Å². The van der Waals surface area contributed by atoms with Crippen molar-refractivity contribution in [3.8, 4) is 0 Å². The van der Waals surface area contributed by atoms with Gasteiger partial charge < -0.3 is 15.5 Å². The summed E-state index contributed by atoms with van der Waals surface area (Å²) in [6.07, 6.45) is 28.3. The van der Waals surface area contributed by atoms with Crippen LogP contribution in [0, 0.1) is 0 Å². The zero-order valence-corrected chi connectivity index (χ0v) is 21.2. The van der Waals surface area contributed by atoms with E-state index in [0.717, 1.165) is 38.5 Å². The second kappa shape index (κ2) is 24.5. The van der Waals surface area contributed by atoms with Crippen LogP contribution >= 0.6 is 0 Å². The van der Waals surface area contributed by atoms with Crippen LogP contribution in [0.1, 0.15) is 129 Å². The highest BCUT2D eigenvalue weighted by atomic mass is 16.3. The smallest absolute Gasteiger partial charge is 0.220 e. The largest absolute Gasteiger partial charge is 0.394 e. The fourth-order valence-electron chi connectivity index (χ4n) is 3.79. The van der Waals surface area contributed by atoms with E-state index >= 15 is 0 Å². The minimum Gasteiger partial charge on any atom is -0.394 e. The number of unbranched alkanes of at least 4 members (excludes halogenated alkanes) is 14. The fraction of sp³-hybridized carbons (Fsp3) is 0.821. The van der Waals surface area contributed by atoms with Gasteiger partial charge in [-0.15, -0.1) is 0 Å². The predicted octanol–water partition coefficient (Wildman–Crippen LogP) is 7.00. The molecule has 0 rings (SSSR count). The molecule has 4 heteroatoms. The third-order valence-corrected chi connectivity index (χ3v) is 5.92. The quantitative estimate of drug-likeness (QED) is 0.116. The lowest BCUT2D eigenvalue weighted by atomic mass is 10.0. The maximum atomic E-state index is 12.1. The molecule has 0 aliphatic heterocycles. The lowest BCUT2D eigenvalue weighted by Crippen LogP contribution is -2.45. The zero-order valence-electron chi connectivity index (χ0n) is 21.2. The van der Waals surface area contributed by atoms with E-state index in [1.807, 2.05) is 6.08 Å². The number of carbonyl (C=O) groups is 1. The maximum absolute atomic E-state index is 12.1. The first-order chi connectivity index (χ1) is 15.7. The minimum absolute atomic E-state index is 0.0814. The molecule has 2 atom stereocenters. The molecule has 0 aromatic heterocycles. The Morgan fingerprint density at radius 3 is 1.75 bits per heavy atom. The van der Waals surface area contributed by atoms with Crippen molar-refractivity contribution < 1.29 is 15.0 Å². The fourth-order valence-corrected chi connectivity index (χ4v) is 3.79. The maximum Gasteiger partial charge on any atom is 0.220 e. The monoisotopic (exact) mass is 451 g/mol. The van der Waals surface area contributed by atoms with Gasteiger partial charge in [0.25, 0.3) is 0 Å². The second-order valence-corrected chi connectivity index (χ2v) is 9.11. The predicted molar refractivity (Wildman–Crippen MR) is 138 cm³/mol. The van der Waals surface area contributed by atoms with Crippen LogP contribution in [0.4, 0.5) is 0 Å². The molecular weight excluding hydrogens is 398 g/mol. The topological polar surface area (TPSA) is 69.6 Å². The molecule has 0 fully saturated rings. The summed E-state index contributed by atoms with van der Waals surface area (Å²) in [4.78, 5) is 12.1. The minimum atomic E-state index is -0.852. The van der Waals surface area contributed by atoms with Crippen LogP contribution in [0.2, 0.25) is 0 Å². The van der Waals surface area contributed by atoms with E-state index in [4.69, 9.17) is 0 Å². The van der Waals surface area contributed by atoms with Crippen molar-refractivity contribution in [1.29, 1.82) is 0 Å². The summed E-state index contributed by atoms with van der Waals surface area (Å²) in [5, 5.41) is 22.5. The van der Waals surface area contributed by atoms with Crippen LogP contribution < -0.4 is 5.32 Å². The van der Waals surface area contributed by atoms with Crippen LogP contribution in [0.3, 0.4) is 0 Å². The van der Waals surface area contributed by atoms with Crippen LogP contribution in [0.15, 0.2) is 24.3 Å². The van der Waals surface area contributed by atoms with Crippen LogP contribution in [0.5, 0.6) is 0 Å². The summed E-state index contributed by atoms with van der Waals surface area (Å²) >= 11 is 0. The average Bonchev–Trinajstić information content (AvgIpc) is 2.79. The first-order valence-electron chi connectivity index (χ1n) is 13.6. The molecule has 1 amide bonds. The van der Waals surface area contributed by atoms with Gasteiger partial charge in [-0.1, -0.05) is 122 Å². The van der Waals surface area contributed by atoms with Gasteiger partial charge in [-0.3, -0.25) is 4.79 Å². The molecule has 188 valence electrons. The number of rotatable bonds is 23. The number of amides is 1. The molecule has 0 aliphatic carbocycles. The highest BCUT2D eigenvalue weighted by Gasteiger charge is 2.17. The van der Waals surface area contributed by atoms with Gasteiger partial charge >= 0.3 is 0 Å². The standard InChI is InChI=1S/C28H53NO3/c1-3-5-7-9-11-12-13-14-15-16-18-20-22-24-28(32)29-26(25-30)27(31)23-21-19-17-10-8-6-4-2/h8,10,21,23,26-27,30-31H,3-7,9,11-20,22,24-25H2,1-2H3,(H,29,32)/b10-8+,23-21+. The SMILES string of the molecule is CCC/C=C/CC/C=C/C(O)C(CO)NC(=O)CCCCCCCCCCCCCCC. The molecule has 3 N–H and O–H groups in total. The Kier molecular flexibility index (Phi) is 23.6. The first-order valence-corrected chi connectivity index (χ1v) is 13.6. The lowest BCUT2D eigenvalue weighted by molar-refractivity contribution is -0.123. The van der Waals surface area contributed by atoms with E-state index in [2.05, 4.69) is 31.3 Å². The third kappa shape index (κ3) is 20.8. The second-order valence-electron chi connectivity index (χ2n) is 9.11. The molecule has 0 aliphatic rings. The van der Waals surface area contributed by atoms with Crippen molar-refractivity contribution >= 4 is 5.91 Å². The Balaban J connectivity index is 3.69. The van der Waals surface area contributed by atoms with Gasteiger partial charge in [-0.25, -0.2) is 0 Å². The molecule has 0 saturated heterocycles. The molecule has 2 unspecified atom stereocenters. The van der Waals surface area contributed by atoms with E-state index in [0.29, 0.717) is 6.42 Å². The number of hydrogen-bond donors (Lipinski definition) is 3. The van der Waals surface area contributed by atoms with Gasteiger partial charge in [0.1, 0.15) is 0 Å². The molecule has 0 aromatic carbocycles. The number of allylic oxidation sites excluding steroid dienone is 3. The summed E-state index contributed by atoms with van der Waals surface area (Å²) in [6.45, 7) is 4.16. The molecule has 0 bridgehead atoms. The van der Waals surface area contributed by atoms with E-state index < -0.39 is 12.1 Å². The van der Waals surface area contributed by atoms with E-state index in [1.54, 1.807) is 6.08 Å². The van der Waals surface area contributed by atoms with Crippen molar-refractivity contribution in [2.24, 2.45) is 0 Å². The van der Waals surface area contributed by atoms with Crippen molar-refractivity contribution in [2.45, 2.75) is 142 Å². The number of carbonyl (C=O) groups excluding carboxylic acids is 1. The van der Waals surface area contributed by atoms with Gasteiger partial charge in [0.15, 0.2) is 0 Å². The van der Waals surface area contributed by atoms with Crippen molar-refractivity contribution in [3.63, 3.8) is 0 Å². The molecule has 32 heavy (non-hydrogen) atoms. The van der Waals surface area contributed by atoms with Gasteiger partial charge in [0.05, 0.1) is 18.8 Å². The third-order valence-electron chi connectivity index (χ3n) is 5.92. The first kappa shape index (κ1) is 30.9. The van der Waals surface area contributed by atoms with Gasteiger partial charge in [0.2, 0.25) is 5.91 Å². The zero-order chi connectivity index (χ0) is 23.7. The highest BCUT2D eigenvalue weighted by Crippen LogP contribution is 2.13. The Hall–Kier alpha value is -1.13. The van der Waals surface area contributed by atoms with Gasteiger partial charge in [-0.05, 0) is 25.7 Å². The normalized spacial score (nSPS) is 13.8. The Labute approximate surface area is 199 Å². The summed E-state index contributed by atoms with van der Waals surface area (Å²) in [6, 6.07) is -0.628. The summed E-state index contributed by atoms with van der Waals surface area (Å²) in [5.74, 6) is -0.0814. The summed E-state index contributed by atoms with van der Waals surface area (Å²) in [5.41, 5.74) is 0. The summed E-state index contributed by atoms with van der Waals surface area (Å²) < 4.78 is 0. The van der Waals surface area contributed by atoms with Crippen molar-refractivity contribution in [3.05, 3.63) is 24.3 Å². The number of nitrogens with one attached hydrogen (secondary N) is 1. The lowest BCUT2D eigenvalue weighted by Gasteiger charge is -2.19. The number of aliphatic hydroxyl groups excluding tert-OH is 2. The molecule has 0 radical (unpaired) electrons. The molecule has 0 aromatic rings. The summed E-state index contributed by atoms with van der Waals surface area (Å²) in [7, 11) is 0. The Bertz CT molecular complexity index is 462. The molecular formula is C28H53NO3. The molecule has 0 saturated carbocycles. The van der Waals surface area contributed by atoms with Crippen LogP contribution in [0.25, 0.3) is 0 Å². The Morgan fingerprint density at radius 2 is 1.22 bits per heavy atom. The van der Waals surface area contributed by atoms with Crippen molar-refractivity contribution in [2.75, 3.05) is 6.61 Å². The molecule has 0 heterocycles. The Morgan fingerprint density at radius 1 is 0.719 bits per heavy atom.